The molecule has 0 amide bonds. The molecule has 7 nitrogen and oxygen atoms in total. The topological polar surface area (TPSA) is 91.8 Å². The number of benzene rings is 2. The molecule has 0 saturated carbocycles. The maximum Gasteiger partial charge on any atom is 0.351 e. The molecule has 0 saturated heterocycles. The smallest absolute Gasteiger partial charge is 0.351 e. The van der Waals surface area contributed by atoms with Gasteiger partial charge in [-0.1, -0.05) is 28.9 Å². The number of methoxy groups -OCH3 is 1. The molecule has 8 heteroatoms. The summed E-state index contributed by atoms with van der Waals surface area (Å²) in [7, 11) is 1.47. The Morgan fingerprint density at radius 3 is 2.69 bits per heavy atom. The van der Waals surface area contributed by atoms with Crippen molar-refractivity contribution in [3.8, 4) is 17.1 Å². The first-order chi connectivity index (χ1) is 14.0. The molecule has 2 heterocycles. The van der Waals surface area contributed by atoms with Gasteiger partial charge in [-0.3, -0.25) is 0 Å². The average Bonchev–Trinajstić information content (AvgIpc) is 3.20. The minimum Gasteiger partial charge on any atom is -0.493 e. The maximum absolute atomic E-state index is 12.4. The molecular weight excluding hydrogens is 398 g/mol. The number of fused-ring (bicyclic) bond motifs is 1. The summed E-state index contributed by atoms with van der Waals surface area (Å²) in [6.45, 7) is -0.161. The fourth-order valence-corrected chi connectivity index (χ4v) is 2.89. The summed E-state index contributed by atoms with van der Waals surface area (Å²) in [5, 5.41) is 5.02. The van der Waals surface area contributed by atoms with E-state index >= 15 is 0 Å². The lowest BCUT2D eigenvalue weighted by Crippen LogP contribution is -2.16. The van der Waals surface area contributed by atoms with Crippen molar-refractivity contribution in [3.63, 3.8) is 0 Å². The van der Waals surface area contributed by atoms with Crippen LogP contribution in [0.15, 0.2) is 68.3 Å². The Balaban J connectivity index is 1.51. The van der Waals surface area contributed by atoms with Gasteiger partial charge in [-0.15, -0.1) is 0 Å². The largest absolute Gasteiger partial charge is 0.493 e. The number of para-hydroxylation sites is 1. The molecule has 0 fully saturated rings. The first-order valence-corrected chi connectivity index (χ1v) is 8.92. The van der Waals surface area contributed by atoms with Gasteiger partial charge in [-0.25, -0.2) is 9.59 Å². The van der Waals surface area contributed by atoms with Crippen molar-refractivity contribution in [1.29, 1.82) is 0 Å². The van der Waals surface area contributed by atoms with E-state index in [1.54, 1.807) is 48.5 Å². The highest BCUT2D eigenvalue weighted by atomic mass is 35.5. The number of esters is 1. The zero-order valence-corrected chi connectivity index (χ0v) is 15.9. The SMILES string of the molecule is COc1cccc2cc(C(=O)OCc3cc(-c4ccc(Cl)cc4)on3)c(=O)oc12. The Morgan fingerprint density at radius 1 is 1.14 bits per heavy atom. The van der Waals surface area contributed by atoms with Crippen molar-refractivity contribution in [1.82, 2.24) is 5.16 Å². The second kappa shape index (κ2) is 7.81. The van der Waals surface area contributed by atoms with Gasteiger partial charge in [0.05, 0.1) is 7.11 Å². The number of nitrogens with zero attached hydrogens (tertiary/aromatic N) is 1. The van der Waals surface area contributed by atoms with Crippen LogP contribution in [0.1, 0.15) is 16.1 Å². The van der Waals surface area contributed by atoms with Crippen LogP contribution >= 0.6 is 11.6 Å². The first-order valence-electron chi connectivity index (χ1n) is 8.54. The van der Waals surface area contributed by atoms with E-state index in [1.165, 1.54) is 13.2 Å². The standard InChI is InChI=1S/C21H14ClNO6/c1-26-17-4-2-3-13-9-16(21(25)28-19(13)17)20(24)27-11-15-10-18(29-23-15)12-5-7-14(22)8-6-12/h2-10H,11H2,1H3. The molecular formula is C21H14ClNO6. The van der Waals surface area contributed by atoms with Crippen molar-refractivity contribution in [2.45, 2.75) is 6.61 Å². The van der Waals surface area contributed by atoms with Gasteiger partial charge in [0.2, 0.25) is 0 Å². The molecule has 0 unspecified atom stereocenters. The molecule has 0 atom stereocenters. The van der Waals surface area contributed by atoms with Crippen LogP contribution in [0.25, 0.3) is 22.3 Å². The predicted molar refractivity (Wildman–Crippen MR) is 105 cm³/mol. The molecule has 2 aromatic heterocycles. The van der Waals surface area contributed by atoms with Crippen molar-refractivity contribution in [2.75, 3.05) is 7.11 Å². The van der Waals surface area contributed by atoms with Gasteiger partial charge in [-0.05, 0) is 36.4 Å². The zero-order chi connectivity index (χ0) is 20.4. The number of ether oxygens (including phenoxy) is 2. The fourth-order valence-electron chi connectivity index (χ4n) is 2.77. The van der Waals surface area contributed by atoms with Gasteiger partial charge >= 0.3 is 11.6 Å². The molecule has 0 aliphatic carbocycles. The van der Waals surface area contributed by atoms with E-state index < -0.39 is 11.6 Å². The highest BCUT2D eigenvalue weighted by Crippen LogP contribution is 2.25. The van der Waals surface area contributed by atoms with Crippen molar-refractivity contribution >= 4 is 28.5 Å². The molecule has 0 N–H and O–H groups in total. The summed E-state index contributed by atoms with van der Waals surface area (Å²) < 4.78 is 20.8. The van der Waals surface area contributed by atoms with Crippen molar-refractivity contribution < 1.29 is 23.2 Å². The highest BCUT2D eigenvalue weighted by molar-refractivity contribution is 6.30. The lowest BCUT2D eigenvalue weighted by molar-refractivity contribution is 0.0459. The number of rotatable bonds is 5. The third-order valence-electron chi connectivity index (χ3n) is 4.20. The third-order valence-corrected chi connectivity index (χ3v) is 4.45. The van der Waals surface area contributed by atoms with E-state index in [9.17, 15) is 9.59 Å². The molecule has 4 rings (SSSR count). The molecule has 146 valence electrons. The van der Waals surface area contributed by atoms with E-state index in [-0.39, 0.29) is 17.8 Å². The van der Waals surface area contributed by atoms with Crippen LogP contribution in [0.3, 0.4) is 0 Å². The quantitative estimate of drug-likeness (QED) is 0.353. The number of hydrogen-bond donors (Lipinski definition) is 0. The van der Waals surface area contributed by atoms with Crippen LogP contribution in [0.2, 0.25) is 5.02 Å². The Morgan fingerprint density at radius 2 is 1.93 bits per heavy atom. The summed E-state index contributed by atoms with van der Waals surface area (Å²) in [5.74, 6) is 0.0846. The van der Waals surface area contributed by atoms with Gasteiger partial charge in [0.25, 0.3) is 0 Å². The Bertz CT molecular complexity index is 1240. The van der Waals surface area contributed by atoms with Crippen molar-refractivity contribution in [3.05, 3.63) is 81.3 Å². The Hall–Kier alpha value is -3.58. The lowest BCUT2D eigenvalue weighted by atomic mass is 10.1. The summed E-state index contributed by atoms with van der Waals surface area (Å²) in [6.07, 6.45) is 0. The van der Waals surface area contributed by atoms with Gasteiger partial charge < -0.3 is 18.4 Å². The van der Waals surface area contributed by atoms with Crippen LogP contribution in [-0.4, -0.2) is 18.2 Å². The van der Waals surface area contributed by atoms with Crippen LogP contribution < -0.4 is 10.4 Å². The second-order valence-electron chi connectivity index (χ2n) is 6.09. The Labute approximate surface area is 169 Å². The molecule has 0 bridgehead atoms. The highest BCUT2D eigenvalue weighted by Gasteiger charge is 2.18. The van der Waals surface area contributed by atoms with Gasteiger partial charge in [0.1, 0.15) is 17.9 Å². The Kier molecular flexibility index (Phi) is 5.05. The van der Waals surface area contributed by atoms with Gasteiger partial charge in [0.15, 0.2) is 17.1 Å². The number of halogens is 1. The molecule has 29 heavy (non-hydrogen) atoms. The normalized spacial score (nSPS) is 10.8. The average molecular weight is 412 g/mol. The summed E-state index contributed by atoms with van der Waals surface area (Å²) in [6, 6.07) is 15.2. The van der Waals surface area contributed by atoms with Crippen molar-refractivity contribution in [2.24, 2.45) is 0 Å². The summed E-state index contributed by atoms with van der Waals surface area (Å²) in [4.78, 5) is 24.6. The van der Waals surface area contributed by atoms with Crippen LogP contribution in [0, 0.1) is 0 Å². The number of carbonyl (C=O) groups excluding carboxylic acids is 1. The molecule has 0 radical (unpaired) electrons. The minimum absolute atomic E-state index is 0.161. The number of hydrogen-bond acceptors (Lipinski definition) is 7. The lowest BCUT2D eigenvalue weighted by Gasteiger charge is -2.05. The van der Waals surface area contributed by atoms with E-state index in [2.05, 4.69) is 5.16 Å². The van der Waals surface area contributed by atoms with Crippen LogP contribution in [-0.2, 0) is 11.3 Å². The predicted octanol–water partition coefficient (Wildman–Crippen LogP) is 4.47. The molecule has 2 aromatic carbocycles. The second-order valence-corrected chi connectivity index (χ2v) is 6.53. The van der Waals surface area contributed by atoms with Gasteiger partial charge in [0, 0.05) is 22.0 Å². The fraction of sp³-hybridized carbons (Fsp3) is 0.0952. The van der Waals surface area contributed by atoms with Crippen LogP contribution in [0.4, 0.5) is 0 Å². The third kappa shape index (κ3) is 3.86. The summed E-state index contributed by atoms with van der Waals surface area (Å²) >= 11 is 5.87. The van der Waals surface area contributed by atoms with Crippen LogP contribution in [0.5, 0.6) is 5.75 Å². The van der Waals surface area contributed by atoms with Gasteiger partial charge in [-0.2, -0.15) is 0 Å². The first kappa shape index (κ1) is 18.8. The van der Waals surface area contributed by atoms with E-state index in [4.69, 9.17) is 30.0 Å². The van der Waals surface area contributed by atoms with E-state index in [0.29, 0.717) is 27.6 Å². The van der Waals surface area contributed by atoms with E-state index in [0.717, 1.165) is 5.56 Å². The minimum atomic E-state index is -0.820. The molecule has 0 aliphatic heterocycles. The number of carbonyl (C=O) groups is 1. The monoisotopic (exact) mass is 411 g/mol. The van der Waals surface area contributed by atoms with E-state index in [1.807, 2.05) is 0 Å². The maximum atomic E-state index is 12.4. The zero-order valence-electron chi connectivity index (χ0n) is 15.2. The summed E-state index contributed by atoms with van der Waals surface area (Å²) in [5.41, 5.74) is 0.417. The number of aromatic nitrogens is 1. The molecule has 0 spiro atoms. The molecule has 4 aromatic rings. The molecule has 0 aliphatic rings.